The molecule has 0 saturated carbocycles. The minimum atomic E-state index is 0.0945. The molecule has 2 N–H and O–H groups in total. The van der Waals surface area contributed by atoms with Crippen molar-refractivity contribution in [3.05, 3.63) is 29.3 Å². The minimum Gasteiger partial charge on any atom is -0.384 e. The first-order valence-electron chi connectivity index (χ1n) is 5.81. The van der Waals surface area contributed by atoms with Crippen LogP contribution in [-0.4, -0.2) is 18.5 Å². The topological polar surface area (TPSA) is 41.1 Å². The maximum Gasteiger partial charge on any atom is 0.224 e. The maximum atomic E-state index is 11.7. The highest BCUT2D eigenvalue weighted by atomic mass is 16.1. The molecule has 0 radical (unpaired) electrons. The van der Waals surface area contributed by atoms with Gasteiger partial charge in [0, 0.05) is 18.3 Å². The van der Waals surface area contributed by atoms with Crippen LogP contribution in [0.3, 0.4) is 0 Å². The van der Waals surface area contributed by atoms with Gasteiger partial charge in [-0.1, -0.05) is 18.2 Å². The number of para-hydroxylation sites is 1. The first kappa shape index (κ1) is 11.0. The number of carbonyl (C=O) groups is 1. The third-order valence-corrected chi connectivity index (χ3v) is 2.73. The molecule has 1 aliphatic heterocycles. The van der Waals surface area contributed by atoms with Gasteiger partial charge in [0.2, 0.25) is 5.91 Å². The Morgan fingerprint density at radius 3 is 3.06 bits per heavy atom. The van der Waals surface area contributed by atoms with Crippen LogP contribution >= 0.6 is 0 Å². The van der Waals surface area contributed by atoms with E-state index in [9.17, 15) is 4.79 Å². The van der Waals surface area contributed by atoms with E-state index in [0.717, 1.165) is 18.5 Å². The zero-order chi connectivity index (χ0) is 11.5. The number of rotatable bonds is 3. The van der Waals surface area contributed by atoms with Crippen molar-refractivity contribution in [2.75, 3.05) is 11.9 Å². The molecule has 1 aromatic carbocycles. The molecular weight excluding hydrogens is 200 g/mol. The van der Waals surface area contributed by atoms with Crippen molar-refractivity contribution < 1.29 is 4.79 Å². The van der Waals surface area contributed by atoms with Gasteiger partial charge in [-0.3, -0.25) is 4.79 Å². The number of fused-ring (bicyclic) bond motifs is 1. The van der Waals surface area contributed by atoms with Gasteiger partial charge in [-0.2, -0.15) is 0 Å². The molecular formula is C13H18N2O. The molecule has 0 unspecified atom stereocenters. The Labute approximate surface area is 96.2 Å². The lowest BCUT2D eigenvalue weighted by atomic mass is 10.0. The smallest absolute Gasteiger partial charge is 0.224 e. The van der Waals surface area contributed by atoms with Crippen LogP contribution in [-0.2, 0) is 17.6 Å². The summed E-state index contributed by atoms with van der Waals surface area (Å²) < 4.78 is 0. The number of nitrogens with one attached hydrogen (secondary N) is 2. The second kappa shape index (κ2) is 4.56. The van der Waals surface area contributed by atoms with Crippen molar-refractivity contribution in [3.8, 4) is 0 Å². The van der Waals surface area contributed by atoms with Crippen LogP contribution in [0.2, 0.25) is 0 Å². The standard InChI is InChI=1S/C13H18N2O/c1-9(2)15-12(16)8-11-5-3-4-10-6-7-14-13(10)11/h3-5,9,14H,6-8H2,1-2H3,(H,15,16). The minimum absolute atomic E-state index is 0.0945. The molecule has 0 bridgehead atoms. The van der Waals surface area contributed by atoms with Gasteiger partial charge < -0.3 is 10.6 Å². The normalized spacial score (nSPS) is 13.4. The largest absolute Gasteiger partial charge is 0.384 e. The number of benzene rings is 1. The number of hydrogen-bond donors (Lipinski definition) is 2. The van der Waals surface area contributed by atoms with Crippen molar-refractivity contribution >= 4 is 11.6 Å². The van der Waals surface area contributed by atoms with Gasteiger partial charge in [0.25, 0.3) is 0 Å². The van der Waals surface area contributed by atoms with Crippen LogP contribution in [0.5, 0.6) is 0 Å². The molecule has 2 rings (SSSR count). The quantitative estimate of drug-likeness (QED) is 0.811. The Morgan fingerprint density at radius 1 is 1.50 bits per heavy atom. The molecule has 1 amide bonds. The fraction of sp³-hybridized carbons (Fsp3) is 0.462. The van der Waals surface area contributed by atoms with Crippen molar-refractivity contribution in [1.82, 2.24) is 5.32 Å². The molecule has 0 aromatic heterocycles. The number of hydrogen-bond acceptors (Lipinski definition) is 2. The second-order valence-electron chi connectivity index (χ2n) is 4.53. The van der Waals surface area contributed by atoms with Crippen LogP contribution in [0.4, 0.5) is 5.69 Å². The van der Waals surface area contributed by atoms with Crippen LogP contribution in [0.15, 0.2) is 18.2 Å². The van der Waals surface area contributed by atoms with Crippen LogP contribution < -0.4 is 10.6 Å². The predicted molar refractivity (Wildman–Crippen MR) is 65.6 cm³/mol. The molecule has 1 aromatic rings. The van der Waals surface area contributed by atoms with E-state index in [1.165, 1.54) is 11.3 Å². The van der Waals surface area contributed by atoms with Crippen molar-refractivity contribution in [2.45, 2.75) is 32.7 Å². The van der Waals surface area contributed by atoms with Crippen LogP contribution in [0, 0.1) is 0 Å². The summed E-state index contributed by atoms with van der Waals surface area (Å²) in [4.78, 5) is 11.7. The molecule has 0 spiro atoms. The molecule has 1 aliphatic rings. The molecule has 16 heavy (non-hydrogen) atoms. The first-order valence-corrected chi connectivity index (χ1v) is 5.81. The number of anilines is 1. The number of amides is 1. The highest BCUT2D eigenvalue weighted by Crippen LogP contribution is 2.26. The zero-order valence-electron chi connectivity index (χ0n) is 9.84. The highest BCUT2D eigenvalue weighted by Gasteiger charge is 2.15. The van der Waals surface area contributed by atoms with Crippen molar-refractivity contribution in [1.29, 1.82) is 0 Å². The van der Waals surface area contributed by atoms with Gasteiger partial charge in [-0.25, -0.2) is 0 Å². The Kier molecular flexibility index (Phi) is 3.13. The lowest BCUT2D eigenvalue weighted by Crippen LogP contribution is -2.31. The van der Waals surface area contributed by atoms with E-state index in [-0.39, 0.29) is 11.9 Å². The third-order valence-electron chi connectivity index (χ3n) is 2.73. The van der Waals surface area contributed by atoms with Gasteiger partial charge in [0.1, 0.15) is 0 Å². The van der Waals surface area contributed by atoms with E-state index in [0.29, 0.717) is 6.42 Å². The summed E-state index contributed by atoms with van der Waals surface area (Å²) in [5.41, 5.74) is 3.60. The molecule has 0 fully saturated rings. The lowest BCUT2D eigenvalue weighted by molar-refractivity contribution is -0.120. The van der Waals surface area contributed by atoms with E-state index in [1.54, 1.807) is 0 Å². The molecule has 3 heteroatoms. The van der Waals surface area contributed by atoms with E-state index in [4.69, 9.17) is 0 Å². The second-order valence-corrected chi connectivity index (χ2v) is 4.53. The Balaban J connectivity index is 2.10. The predicted octanol–water partition coefficient (Wildman–Crippen LogP) is 1.72. The maximum absolute atomic E-state index is 11.7. The summed E-state index contributed by atoms with van der Waals surface area (Å²) in [5, 5.41) is 6.26. The molecule has 0 aliphatic carbocycles. The molecule has 0 atom stereocenters. The van der Waals surface area contributed by atoms with Crippen molar-refractivity contribution in [3.63, 3.8) is 0 Å². The van der Waals surface area contributed by atoms with Gasteiger partial charge in [-0.15, -0.1) is 0 Å². The van der Waals surface area contributed by atoms with Crippen LogP contribution in [0.25, 0.3) is 0 Å². The fourth-order valence-corrected chi connectivity index (χ4v) is 2.10. The summed E-state index contributed by atoms with van der Waals surface area (Å²) in [5.74, 6) is 0.0945. The molecule has 0 saturated heterocycles. The summed E-state index contributed by atoms with van der Waals surface area (Å²) in [6, 6.07) is 6.39. The molecule has 86 valence electrons. The zero-order valence-corrected chi connectivity index (χ0v) is 9.84. The average Bonchev–Trinajstić information content (AvgIpc) is 2.65. The lowest BCUT2D eigenvalue weighted by Gasteiger charge is -2.11. The van der Waals surface area contributed by atoms with E-state index < -0.39 is 0 Å². The Hall–Kier alpha value is -1.51. The summed E-state index contributed by atoms with van der Waals surface area (Å²) >= 11 is 0. The Morgan fingerprint density at radius 2 is 2.31 bits per heavy atom. The van der Waals surface area contributed by atoms with Gasteiger partial charge >= 0.3 is 0 Å². The Bertz CT molecular complexity index is 399. The number of carbonyl (C=O) groups excluding carboxylic acids is 1. The van der Waals surface area contributed by atoms with Gasteiger partial charge in [0.15, 0.2) is 0 Å². The van der Waals surface area contributed by atoms with Gasteiger partial charge in [-0.05, 0) is 31.4 Å². The van der Waals surface area contributed by atoms with E-state index in [2.05, 4.69) is 16.7 Å². The summed E-state index contributed by atoms with van der Waals surface area (Å²) in [6.45, 7) is 4.94. The monoisotopic (exact) mass is 218 g/mol. The third kappa shape index (κ3) is 2.35. The highest BCUT2D eigenvalue weighted by molar-refractivity contribution is 5.81. The van der Waals surface area contributed by atoms with E-state index >= 15 is 0 Å². The van der Waals surface area contributed by atoms with Gasteiger partial charge in [0.05, 0.1) is 6.42 Å². The molecule has 1 heterocycles. The average molecular weight is 218 g/mol. The fourth-order valence-electron chi connectivity index (χ4n) is 2.10. The SMILES string of the molecule is CC(C)NC(=O)Cc1cccc2c1NCC2. The van der Waals surface area contributed by atoms with E-state index in [1.807, 2.05) is 26.0 Å². The summed E-state index contributed by atoms with van der Waals surface area (Å²) in [7, 11) is 0. The first-order chi connectivity index (χ1) is 7.66. The molecule has 3 nitrogen and oxygen atoms in total. The summed E-state index contributed by atoms with van der Waals surface area (Å²) in [6.07, 6.45) is 1.53. The van der Waals surface area contributed by atoms with Crippen molar-refractivity contribution in [2.24, 2.45) is 0 Å². The van der Waals surface area contributed by atoms with Crippen LogP contribution in [0.1, 0.15) is 25.0 Å².